The van der Waals surface area contributed by atoms with Crippen LogP contribution in [0.1, 0.15) is 21.5 Å². The van der Waals surface area contributed by atoms with E-state index in [2.05, 4.69) is 10.4 Å². The molecule has 0 spiro atoms. The Hall–Kier alpha value is -1.92. The molecule has 1 aromatic heterocycles. The minimum absolute atomic E-state index is 0.177. The van der Waals surface area contributed by atoms with Gasteiger partial charge in [0.15, 0.2) is 0 Å². The molecule has 5 nitrogen and oxygen atoms in total. The fourth-order valence-corrected chi connectivity index (χ4v) is 2.25. The lowest BCUT2D eigenvalue weighted by Crippen LogP contribution is -2.19. The summed E-state index contributed by atoms with van der Waals surface area (Å²) in [6, 6.07) is 5.13. The molecule has 1 amide bonds. The van der Waals surface area contributed by atoms with Crippen LogP contribution in [0.2, 0.25) is 5.02 Å². The topological polar surface area (TPSA) is 72.9 Å². The van der Waals surface area contributed by atoms with Crippen LogP contribution in [0.15, 0.2) is 24.4 Å². The summed E-state index contributed by atoms with van der Waals surface area (Å²) in [4.78, 5) is 12.4. The number of hydrogen-bond acceptors (Lipinski definition) is 3. The van der Waals surface area contributed by atoms with Crippen molar-refractivity contribution in [2.45, 2.75) is 6.92 Å². The van der Waals surface area contributed by atoms with E-state index in [1.165, 1.54) is 10.9 Å². The van der Waals surface area contributed by atoms with Gasteiger partial charge in [0.05, 0.1) is 11.8 Å². The van der Waals surface area contributed by atoms with E-state index in [0.29, 0.717) is 22.0 Å². The van der Waals surface area contributed by atoms with E-state index in [9.17, 15) is 4.79 Å². The molecule has 1 aromatic carbocycles. The summed E-state index contributed by atoms with van der Waals surface area (Å²) in [5.74, 6) is 0.164. The van der Waals surface area contributed by atoms with Crippen molar-refractivity contribution in [1.29, 1.82) is 0 Å². The Morgan fingerprint density at radius 1 is 1.45 bits per heavy atom. The van der Waals surface area contributed by atoms with Gasteiger partial charge in [-0.2, -0.15) is 5.10 Å². The molecular formula is C13H13ClN4OS. The maximum absolute atomic E-state index is 12.2. The van der Waals surface area contributed by atoms with Crippen LogP contribution in [-0.4, -0.2) is 20.7 Å². The number of amides is 1. The monoisotopic (exact) mass is 308 g/mol. The van der Waals surface area contributed by atoms with E-state index in [0.717, 1.165) is 5.56 Å². The number of nitrogens with one attached hydrogen (secondary N) is 1. The molecule has 0 saturated heterocycles. The summed E-state index contributed by atoms with van der Waals surface area (Å²) in [6.45, 7) is 1.87. The van der Waals surface area contributed by atoms with Crippen molar-refractivity contribution < 1.29 is 4.79 Å². The summed E-state index contributed by atoms with van der Waals surface area (Å²) in [7, 11) is 1.70. The summed E-state index contributed by atoms with van der Waals surface area (Å²) in [5, 5.41) is 7.28. The van der Waals surface area contributed by atoms with Gasteiger partial charge in [0.25, 0.3) is 5.91 Å². The van der Waals surface area contributed by atoms with Crippen LogP contribution in [0.4, 0.5) is 5.82 Å². The summed E-state index contributed by atoms with van der Waals surface area (Å²) in [5.41, 5.74) is 7.49. The third-order valence-electron chi connectivity index (χ3n) is 2.74. The van der Waals surface area contributed by atoms with E-state index in [1.54, 1.807) is 25.2 Å². The zero-order valence-corrected chi connectivity index (χ0v) is 12.5. The molecule has 0 saturated carbocycles. The fraction of sp³-hybridized carbons (Fsp3) is 0.154. The number of aryl methyl sites for hydroxylation is 2. The number of hydrogen-bond donors (Lipinski definition) is 2. The van der Waals surface area contributed by atoms with Gasteiger partial charge in [-0.05, 0) is 30.7 Å². The van der Waals surface area contributed by atoms with Crippen molar-refractivity contribution in [2.75, 3.05) is 5.32 Å². The lowest BCUT2D eigenvalue weighted by Gasteiger charge is -2.09. The summed E-state index contributed by atoms with van der Waals surface area (Å²) < 4.78 is 1.50. The van der Waals surface area contributed by atoms with E-state index in [-0.39, 0.29) is 10.9 Å². The van der Waals surface area contributed by atoms with Crippen LogP contribution in [0.3, 0.4) is 0 Å². The fourth-order valence-electron chi connectivity index (χ4n) is 1.81. The van der Waals surface area contributed by atoms with Gasteiger partial charge in [0.2, 0.25) is 0 Å². The van der Waals surface area contributed by atoms with Gasteiger partial charge in [-0.3, -0.25) is 9.48 Å². The number of aromatic nitrogens is 2. The zero-order chi connectivity index (χ0) is 14.9. The van der Waals surface area contributed by atoms with Gasteiger partial charge in [-0.25, -0.2) is 0 Å². The van der Waals surface area contributed by atoms with Crippen LogP contribution >= 0.6 is 23.8 Å². The highest BCUT2D eigenvalue weighted by molar-refractivity contribution is 7.80. The first kappa shape index (κ1) is 14.5. The first-order chi connectivity index (χ1) is 9.38. The normalized spacial score (nSPS) is 10.3. The van der Waals surface area contributed by atoms with Gasteiger partial charge < -0.3 is 11.1 Å². The van der Waals surface area contributed by atoms with E-state index in [4.69, 9.17) is 29.6 Å². The molecule has 3 N–H and O–H groups in total. The molecule has 0 fully saturated rings. The molecule has 0 bridgehead atoms. The van der Waals surface area contributed by atoms with Crippen molar-refractivity contribution in [3.05, 3.63) is 46.1 Å². The molecule has 0 radical (unpaired) electrons. The average molecular weight is 309 g/mol. The predicted octanol–water partition coefficient (Wildman–Crippen LogP) is 2.27. The van der Waals surface area contributed by atoms with Crippen molar-refractivity contribution in [1.82, 2.24) is 9.78 Å². The number of nitrogens with two attached hydrogens (primary N) is 1. The van der Waals surface area contributed by atoms with Crippen LogP contribution < -0.4 is 11.1 Å². The number of halogens is 1. The van der Waals surface area contributed by atoms with Crippen molar-refractivity contribution >= 4 is 40.5 Å². The van der Waals surface area contributed by atoms with E-state index >= 15 is 0 Å². The second kappa shape index (κ2) is 5.60. The van der Waals surface area contributed by atoms with Gasteiger partial charge in [0.1, 0.15) is 10.8 Å². The standard InChI is InChI=1S/C13H13ClN4OS/c1-7-3-8(5-9(14)4-7)13(19)17-12-10(11(15)20)6-16-18(12)2/h3-6H,1-2H3,(H2,15,20)(H,17,19). The Morgan fingerprint density at radius 3 is 2.75 bits per heavy atom. The highest BCUT2D eigenvalue weighted by atomic mass is 35.5. The number of carbonyl (C=O) groups is 1. The highest BCUT2D eigenvalue weighted by Gasteiger charge is 2.15. The molecular weight excluding hydrogens is 296 g/mol. The summed E-state index contributed by atoms with van der Waals surface area (Å²) in [6.07, 6.45) is 1.52. The zero-order valence-electron chi connectivity index (χ0n) is 11.0. The Kier molecular flexibility index (Phi) is 4.06. The molecule has 0 aliphatic carbocycles. The molecule has 2 aromatic rings. The number of anilines is 1. The quantitative estimate of drug-likeness (QED) is 0.853. The average Bonchev–Trinajstić information content (AvgIpc) is 2.70. The number of carbonyl (C=O) groups excluding carboxylic acids is 1. The van der Waals surface area contributed by atoms with Crippen LogP contribution in [0.5, 0.6) is 0 Å². The predicted molar refractivity (Wildman–Crippen MR) is 83.2 cm³/mol. The molecule has 1 heterocycles. The first-order valence-corrected chi connectivity index (χ1v) is 6.57. The Morgan fingerprint density at radius 2 is 2.15 bits per heavy atom. The number of rotatable bonds is 3. The maximum Gasteiger partial charge on any atom is 0.256 e. The highest BCUT2D eigenvalue weighted by Crippen LogP contribution is 2.18. The molecule has 0 atom stereocenters. The molecule has 0 unspecified atom stereocenters. The number of thiocarbonyl (C=S) groups is 1. The van der Waals surface area contributed by atoms with Gasteiger partial charge in [0, 0.05) is 17.6 Å². The molecule has 0 aliphatic rings. The van der Waals surface area contributed by atoms with Crippen molar-refractivity contribution in [3.8, 4) is 0 Å². The number of nitrogens with zero attached hydrogens (tertiary/aromatic N) is 2. The van der Waals surface area contributed by atoms with Crippen LogP contribution in [-0.2, 0) is 7.05 Å². The number of benzene rings is 1. The Labute approximate surface area is 126 Å². The van der Waals surface area contributed by atoms with Gasteiger partial charge in [-0.1, -0.05) is 23.8 Å². The van der Waals surface area contributed by atoms with Crippen molar-refractivity contribution in [3.63, 3.8) is 0 Å². The lowest BCUT2D eigenvalue weighted by atomic mass is 10.1. The molecule has 0 aliphatic heterocycles. The molecule has 7 heteroatoms. The van der Waals surface area contributed by atoms with Gasteiger partial charge >= 0.3 is 0 Å². The lowest BCUT2D eigenvalue weighted by molar-refractivity contribution is 0.102. The third-order valence-corrected chi connectivity index (χ3v) is 3.18. The molecule has 104 valence electrons. The summed E-state index contributed by atoms with van der Waals surface area (Å²) >= 11 is 10.9. The molecule has 2 rings (SSSR count). The minimum atomic E-state index is -0.295. The van der Waals surface area contributed by atoms with E-state index in [1.807, 2.05) is 6.92 Å². The smallest absolute Gasteiger partial charge is 0.256 e. The van der Waals surface area contributed by atoms with Crippen LogP contribution in [0.25, 0.3) is 0 Å². The largest absolute Gasteiger partial charge is 0.389 e. The maximum atomic E-state index is 12.2. The molecule has 20 heavy (non-hydrogen) atoms. The minimum Gasteiger partial charge on any atom is -0.389 e. The SMILES string of the molecule is Cc1cc(Cl)cc(C(=O)Nc2c(C(N)=S)cnn2C)c1. The third kappa shape index (κ3) is 2.97. The van der Waals surface area contributed by atoms with Crippen LogP contribution in [0, 0.1) is 6.92 Å². The van der Waals surface area contributed by atoms with Gasteiger partial charge in [-0.15, -0.1) is 0 Å². The second-order valence-electron chi connectivity index (χ2n) is 4.37. The Balaban J connectivity index is 2.32. The second-order valence-corrected chi connectivity index (χ2v) is 5.24. The van der Waals surface area contributed by atoms with Crippen molar-refractivity contribution in [2.24, 2.45) is 12.8 Å². The Bertz CT molecular complexity index is 675. The first-order valence-electron chi connectivity index (χ1n) is 5.79. The van der Waals surface area contributed by atoms with E-state index < -0.39 is 0 Å².